The Kier molecular flexibility index (Phi) is 4.01. The molecule has 0 radical (unpaired) electrons. The molecule has 1 spiro atoms. The summed E-state index contributed by atoms with van der Waals surface area (Å²) in [5.41, 5.74) is 0.801. The second kappa shape index (κ2) is 6.50. The molecular formula is C22H14BrNO6. The number of phenols is 2. The predicted octanol–water partition coefficient (Wildman–Crippen LogP) is 4.00. The molecule has 0 aliphatic carbocycles. The van der Waals surface area contributed by atoms with Gasteiger partial charge >= 0.3 is 5.97 Å². The molecule has 3 N–H and O–H groups in total. The molecular weight excluding hydrogens is 454 g/mol. The lowest BCUT2D eigenvalue weighted by atomic mass is 9.77. The maximum absolute atomic E-state index is 13.1. The topological polar surface area (TPSA) is 105 Å². The summed E-state index contributed by atoms with van der Waals surface area (Å²) in [5.74, 6) is -0.353. The van der Waals surface area contributed by atoms with Crippen LogP contribution in [-0.2, 0) is 15.1 Å². The van der Waals surface area contributed by atoms with E-state index in [9.17, 15) is 19.8 Å². The average Bonchev–Trinajstić information content (AvgIpc) is 3.01. The van der Waals surface area contributed by atoms with Crippen LogP contribution < -0.4 is 10.1 Å². The fourth-order valence-corrected chi connectivity index (χ4v) is 4.17. The molecule has 3 aromatic rings. The van der Waals surface area contributed by atoms with E-state index in [1.54, 1.807) is 30.3 Å². The predicted molar refractivity (Wildman–Crippen MR) is 110 cm³/mol. The maximum atomic E-state index is 13.1. The van der Waals surface area contributed by atoms with Gasteiger partial charge in [-0.3, -0.25) is 4.79 Å². The molecule has 30 heavy (non-hydrogen) atoms. The molecule has 150 valence electrons. The first-order chi connectivity index (χ1) is 14.4. The third-order valence-corrected chi connectivity index (χ3v) is 5.71. The van der Waals surface area contributed by atoms with Crippen molar-refractivity contribution in [3.05, 3.63) is 76.9 Å². The first-order valence-corrected chi connectivity index (χ1v) is 10.1. The van der Waals surface area contributed by atoms with Crippen molar-refractivity contribution in [3.8, 4) is 23.0 Å². The van der Waals surface area contributed by atoms with Crippen molar-refractivity contribution in [3.63, 3.8) is 0 Å². The number of carbonyl (C=O) groups is 2. The summed E-state index contributed by atoms with van der Waals surface area (Å²) >= 11 is 3.10. The molecule has 2 heterocycles. The van der Waals surface area contributed by atoms with Gasteiger partial charge < -0.3 is 25.0 Å². The van der Waals surface area contributed by atoms with E-state index in [2.05, 4.69) is 21.2 Å². The number of phenolic OH excluding ortho intramolecular Hbond substituents is 2. The summed E-state index contributed by atoms with van der Waals surface area (Å²) < 4.78 is 11.9. The second-order valence-electron chi connectivity index (χ2n) is 6.94. The Labute approximate surface area is 179 Å². The first kappa shape index (κ1) is 18.5. The van der Waals surface area contributed by atoms with Crippen molar-refractivity contribution in [2.45, 2.75) is 5.60 Å². The van der Waals surface area contributed by atoms with Crippen molar-refractivity contribution >= 4 is 33.5 Å². The number of esters is 1. The van der Waals surface area contributed by atoms with Crippen LogP contribution in [0.15, 0.2) is 54.6 Å². The summed E-state index contributed by atoms with van der Waals surface area (Å²) in [6.07, 6.45) is 0. The smallest absolute Gasteiger partial charge is 0.342 e. The molecule has 0 unspecified atom stereocenters. The van der Waals surface area contributed by atoms with E-state index in [4.69, 9.17) is 9.47 Å². The summed E-state index contributed by atoms with van der Waals surface area (Å²) in [6, 6.07) is 14.2. The van der Waals surface area contributed by atoms with Crippen molar-refractivity contribution in [2.75, 3.05) is 10.6 Å². The molecule has 0 saturated carbocycles. The van der Waals surface area contributed by atoms with Crippen LogP contribution in [-0.4, -0.2) is 27.4 Å². The normalized spacial score (nSPS) is 14.9. The van der Waals surface area contributed by atoms with E-state index in [1.807, 2.05) is 0 Å². The summed E-state index contributed by atoms with van der Waals surface area (Å²) in [7, 11) is 0. The van der Waals surface area contributed by atoms with Crippen LogP contribution in [0.25, 0.3) is 0 Å². The van der Waals surface area contributed by atoms with Gasteiger partial charge in [0.15, 0.2) is 5.60 Å². The Bertz CT molecular complexity index is 1190. The molecule has 0 saturated heterocycles. The highest BCUT2D eigenvalue weighted by Crippen LogP contribution is 2.57. The number of carbonyl (C=O) groups excluding carboxylic acids is 2. The lowest BCUT2D eigenvalue weighted by Gasteiger charge is -2.36. The van der Waals surface area contributed by atoms with E-state index in [0.29, 0.717) is 33.9 Å². The molecule has 2 aliphatic heterocycles. The largest absolute Gasteiger partial charge is 0.508 e. The lowest BCUT2D eigenvalue weighted by molar-refractivity contribution is -0.113. The van der Waals surface area contributed by atoms with Gasteiger partial charge in [-0.1, -0.05) is 28.1 Å². The van der Waals surface area contributed by atoms with Crippen molar-refractivity contribution in [2.24, 2.45) is 0 Å². The monoisotopic (exact) mass is 467 g/mol. The van der Waals surface area contributed by atoms with E-state index in [0.717, 1.165) is 0 Å². The zero-order valence-electron chi connectivity index (χ0n) is 15.3. The fraction of sp³-hybridized carbons (Fsp3) is 0.0909. The van der Waals surface area contributed by atoms with Crippen LogP contribution in [0.2, 0.25) is 0 Å². The van der Waals surface area contributed by atoms with Crippen molar-refractivity contribution in [1.29, 1.82) is 0 Å². The molecule has 8 heteroatoms. The zero-order chi connectivity index (χ0) is 21.0. The minimum atomic E-state index is -1.36. The van der Waals surface area contributed by atoms with Gasteiger partial charge in [0, 0.05) is 28.8 Å². The molecule has 0 aromatic heterocycles. The number of fused-ring (bicyclic) bond motifs is 6. The van der Waals surface area contributed by atoms with E-state index in [-0.39, 0.29) is 28.3 Å². The third-order valence-electron chi connectivity index (χ3n) is 5.20. The maximum Gasteiger partial charge on any atom is 0.342 e. The first-order valence-electron chi connectivity index (χ1n) is 9.01. The highest BCUT2D eigenvalue weighted by atomic mass is 79.9. The summed E-state index contributed by atoms with van der Waals surface area (Å²) in [4.78, 5) is 25.0. The minimum Gasteiger partial charge on any atom is -0.508 e. The molecule has 1 amide bonds. The van der Waals surface area contributed by atoms with Crippen molar-refractivity contribution < 1.29 is 29.3 Å². The van der Waals surface area contributed by atoms with Crippen LogP contribution in [0.3, 0.4) is 0 Å². The zero-order valence-corrected chi connectivity index (χ0v) is 16.9. The number of amides is 1. The quantitative estimate of drug-likeness (QED) is 0.388. The number of nitrogens with one attached hydrogen (secondary N) is 1. The Morgan fingerprint density at radius 1 is 0.967 bits per heavy atom. The fourth-order valence-electron chi connectivity index (χ4n) is 4.03. The van der Waals surface area contributed by atoms with E-state index < -0.39 is 11.6 Å². The Balaban J connectivity index is 1.82. The summed E-state index contributed by atoms with van der Waals surface area (Å²) in [6.45, 7) is 0. The number of ether oxygens (including phenoxy) is 2. The van der Waals surface area contributed by atoms with Crippen LogP contribution in [0.4, 0.5) is 5.69 Å². The highest BCUT2D eigenvalue weighted by molar-refractivity contribution is 9.09. The average molecular weight is 468 g/mol. The second-order valence-corrected chi connectivity index (χ2v) is 7.50. The van der Waals surface area contributed by atoms with E-state index >= 15 is 0 Å². The van der Waals surface area contributed by atoms with Gasteiger partial charge in [0.05, 0.1) is 16.6 Å². The molecule has 3 aromatic carbocycles. The van der Waals surface area contributed by atoms with Gasteiger partial charge in [-0.15, -0.1) is 0 Å². The SMILES string of the molecule is O=C(CBr)Nc1cccc2c1C(=O)OC21c2ccc(O)cc2Oc2cc(O)ccc21. The minimum absolute atomic E-state index is 0.0182. The van der Waals surface area contributed by atoms with Gasteiger partial charge in [0.25, 0.3) is 0 Å². The molecule has 0 fully saturated rings. The Morgan fingerprint density at radius 2 is 1.60 bits per heavy atom. The number of rotatable bonds is 2. The number of hydrogen-bond acceptors (Lipinski definition) is 6. The van der Waals surface area contributed by atoms with E-state index in [1.165, 1.54) is 24.3 Å². The molecule has 0 bridgehead atoms. The number of benzene rings is 3. The van der Waals surface area contributed by atoms with Crippen LogP contribution >= 0.6 is 15.9 Å². The standard InChI is InChI=1S/C22H14BrNO6/c23-10-19(27)24-16-3-1-2-15-20(16)21(28)30-22(15)13-6-4-11(25)8-17(13)29-18-9-12(26)5-7-14(18)22/h1-9,25-26H,10H2,(H,24,27). The number of halogens is 1. The molecule has 5 rings (SSSR count). The number of alkyl halides is 1. The lowest BCUT2D eigenvalue weighted by Crippen LogP contribution is -2.32. The van der Waals surface area contributed by atoms with Crippen LogP contribution in [0, 0.1) is 0 Å². The van der Waals surface area contributed by atoms with Gasteiger partial charge in [0.1, 0.15) is 23.0 Å². The van der Waals surface area contributed by atoms with Gasteiger partial charge in [-0.25, -0.2) is 4.79 Å². The molecule has 2 aliphatic rings. The molecule has 0 atom stereocenters. The summed E-state index contributed by atoms with van der Waals surface area (Å²) in [5, 5.41) is 22.7. The number of anilines is 1. The third kappa shape index (κ3) is 2.50. The van der Waals surface area contributed by atoms with Gasteiger partial charge in [-0.05, 0) is 30.3 Å². The van der Waals surface area contributed by atoms with Crippen molar-refractivity contribution in [1.82, 2.24) is 0 Å². The number of aromatic hydroxyl groups is 2. The van der Waals surface area contributed by atoms with Crippen LogP contribution in [0.1, 0.15) is 27.0 Å². The Hall–Kier alpha value is -3.52. The Morgan fingerprint density at radius 3 is 2.20 bits per heavy atom. The van der Waals surface area contributed by atoms with Gasteiger partial charge in [0.2, 0.25) is 5.91 Å². The highest BCUT2D eigenvalue weighted by Gasteiger charge is 2.54. The van der Waals surface area contributed by atoms with Gasteiger partial charge in [-0.2, -0.15) is 0 Å². The molecule has 7 nitrogen and oxygen atoms in total. The van der Waals surface area contributed by atoms with Crippen LogP contribution in [0.5, 0.6) is 23.0 Å². The number of hydrogen-bond donors (Lipinski definition) is 3.